The number of carboxylic acid groups (broad SMARTS) is 3. The Labute approximate surface area is 371 Å². The number of β-lactam (4-membered cyclic amide) rings is 1. The number of anilines is 2. The van der Waals surface area contributed by atoms with Gasteiger partial charge in [0.2, 0.25) is 5.43 Å². The molecule has 66 heavy (non-hydrogen) atoms. The Morgan fingerprint density at radius 2 is 1.61 bits per heavy atom. The van der Waals surface area contributed by atoms with Crippen LogP contribution in [-0.4, -0.2) is 153 Å². The first-order valence-electron chi connectivity index (χ1n) is 18.2. The zero-order valence-electron chi connectivity index (χ0n) is 33.3. The molecule has 6 rings (SSSR count). The van der Waals surface area contributed by atoms with Gasteiger partial charge >= 0.3 is 36.2 Å². The molecule has 2 amide bonds. The van der Waals surface area contributed by atoms with E-state index >= 15 is 8.78 Å². The van der Waals surface area contributed by atoms with Gasteiger partial charge in [-0.1, -0.05) is 5.16 Å². The summed E-state index contributed by atoms with van der Waals surface area (Å²) in [4.78, 5) is 95.5. The molecule has 3 aliphatic heterocycles. The van der Waals surface area contributed by atoms with E-state index in [9.17, 15) is 59.8 Å². The van der Waals surface area contributed by atoms with Gasteiger partial charge < -0.3 is 50.3 Å². The van der Waals surface area contributed by atoms with Gasteiger partial charge in [0.25, 0.3) is 11.8 Å². The fourth-order valence-corrected chi connectivity index (χ4v) is 7.88. The number of carbonyl (C=O) groups is 6. The number of pyridine rings is 1. The average Bonchev–Trinajstić information content (AvgIpc) is 3.65. The standard InChI is InChI=1S/C31H31F3N8O8S2.2C2HF3O2/c1-39-4-6-40(7-5-39)25-19(33)8-17-24(21(25)34)41(3-2-32)10-18(26(17)44)30(48)49-11-15-13-51-28-22(27(45)42(28)23(15)29(46)47)38-20(43)9-36-50-12-16-14-52-31(35)37-16;2*3-2(4,5)1(6)7/h8-10,14,22,28H,2-7,11-13H2,1H3,(H2,35,37)(H,38,43)(H,46,47);2*(H,6,7)/b36-9-;;/t22-,28-;;/m1../s1. The fourth-order valence-electron chi connectivity index (χ4n) is 6.00. The van der Waals surface area contributed by atoms with E-state index in [2.05, 4.69) is 15.5 Å². The number of amides is 2. The van der Waals surface area contributed by atoms with Gasteiger partial charge in [-0.2, -0.15) is 26.3 Å². The molecule has 2 saturated heterocycles. The largest absolute Gasteiger partial charge is 0.490 e. The molecule has 2 aromatic heterocycles. The molecule has 0 unspecified atom stereocenters. The Morgan fingerprint density at radius 3 is 2.14 bits per heavy atom. The lowest BCUT2D eigenvalue weighted by atomic mass is 10.0. The van der Waals surface area contributed by atoms with E-state index in [1.54, 1.807) is 5.38 Å². The first-order chi connectivity index (χ1) is 30.8. The molecule has 31 heteroatoms. The summed E-state index contributed by atoms with van der Waals surface area (Å²) in [6.45, 7) is -0.474. The van der Waals surface area contributed by atoms with E-state index in [4.69, 9.17) is 35.1 Å². The molecule has 3 aliphatic rings. The number of aromatic nitrogens is 2. The Hall–Kier alpha value is -6.63. The second-order valence-corrected chi connectivity index (χ2v) is 15.5. The highest BCUT2D eigenvalue weighted by Crippen LogP contribution is 2.40. The van der Waals surface area contributed by atoms with Gasteiger partial charge in [0.1, 0.15) is 53.7 Å². The van der Waals surface area contributed by atoms with E-state index in [1.165, 1.54) is 16.2 Å². The number of nitrogens with one attached hydrogen (secondary N) is 1. The maximum Gasteiger partial charge on any atom is 0.490 e. The minimum absolute atomic E-state index is 0.0108. The lowest BCUT2D eigenvalue weighted by Crippen LogP contribution is -2.70. The highest BCUT2D eigenvalue weighted by molar-refractivity contribution is 8.00. The lowest BCUT2D eigenvalue weighted by Gasteiger charge is -2.49. The number of rotatable bonds is 12. The number of likely N-dealkylation sites (N-methyl/N-ethyl adjacent to an activating group) is 1. The van der Waals surface area contributed by atoms with Crippen LogP contribution in [0.4, 0.5) is 50.3 Å². The number of thioether (sulfide) groups is 1. The number of carbonyl (C=O) groups excluding carboxylic acids is 3. The number of nitrogens with two attached hydrogens (primary N) is 1. The smallest absolute Gasteiger partial charge is 0.477 e. The van der Waals surface area contributed by atoms with Gasteiger partial charge in [0.05, 0.1) is 23.1 Å². The van der Waals surface area contributed by atoms with Crippen LogP contribution in [0.3, 0.4) is 0 Å². The number of esters is 1. The predicted octanol–water partition coefficient (Wildman–Crippen LogP) is 2.40. The van der Waals surface area contributed by atoms with Gasteiger partial charge in [0.15, 0.2) is 17.6 Å². The molecule has 1 aromatic carbocycles. The Balaban J connectivity index is 0.000000590. The van der Waals surface area contributed by atoms with Gasteiger partial charge in [-0.05, 0) is 13.1 Å². The summed E-state index contributed by atoms with van der Waals surface area (Å²) < 4.78 is 115. The van der Waals surface area contributed by atoms with E-state index < -0.39 is 113 Å². The zero-order valence-corrected chi connectivity index (χ0v) is 35.0. The number of ether oxygens (including phenoxy) is 1. The number of piperazine rings is 1. The molecule has 0 spiro atoms. The summed E-state index contributed by atoms with van der Waals surface area (Å²) in [7, 11) is 1.87. The summed E-state index contributed by atoms with van der Waals surface area (Å²) in [6, 6.07) is -0.282. The highest BCUT2D eigenvalue weighted by atomic mass is 32.2. The molecule has 0 bridgehead atoms. The van der Waals surface area contributed by atoms with Gasteiger partial charge in [0, 0.05) is 49.1 Å². The van der Waals surface area contributed by atoms with Crippen molar-refractivity contribution >= 4 is 86.7 Å². The summed E-state index contributed by atoms with van der Waals surface area (Å²) in [5.41, 5.74) is 3.12. The third-order valence-electron chi connectivity index (χ3n) is 9.03. The van der Waals surface area contributed by atoms with E-state index in [1.807, 2.05) is 11.9 Å². The first kappa shape index (κ1) is 52.0. The van der Waals surface area contributed by atoms with Crippen molar-refractivity contribution in [1.82, 2.24) is 24.7 Å². The van der Waals surface area contributed by atoms with Crippen LogP contribution in [0.2, 0.25) is 0 Å². The topological polar surface area (TPSA) is 277 Å². The second-order valence-electron chi connectivity index (χ2n) is 13.5. The number of thiazole rings is 1. The number of benzene rings is 1. The molecule has 6 N–H and O–H groups in total. The fraction of sp³-hybridized carbons (Fsp3) is 0.400. The highest BCUT2D eigenvalue weighted by Gasteiger charge is 2.54. The number of carboxylic acids is 3. The van der Waals surface area contributed by atoms with Crippen LogP contribution in [0, 0.1) is 11.6 Å². The number of nitrogens with zero attached hydrogens (tertiary/aromatic N) is 6. The minimum Gasteiger partial charge on any atom is -0.477 e. The van der Waals surface area contributed by atoms with Crippen molar-refractivity contribution in [3.8, 4) is 0 Å². The molecular formula is C35H33F9N8O12S2. The second kappa shape index (κ2) is 21.6. The van der Waals surface area contributed by atoms with Crippen molar-refractivity contribution in [2.45, 2.75) is 36.9 Å². The monoisotopic (exact) mass is 992 g/mol. The molecule has 20 nitrogen and oxygen atoms in total. The maximum atomic E-state index is 15.9. The molecule has 5 heterocycles. The number of hydrogen-bond acceptors (Lipinski definition) is 16. The normalized spacial score (nSPS) is 17.5. The number of halogens is 9. The summed E-state index contributed by atoms with van der Waals surface area (Å²) >= 11 is 2.29. The number of nitrogen functional groups attached to an aromatic ring is 1. The van der Waals surface area contributed by atoms with Crippen molar-refractivity contribution in [3.05, 3.63) is 62.0 Å². The molecule has 0 aliphatic carbocycles. The van der Waals surface area contributed by atoms with Gasteiger partial charge in [-0.15, -0.1) is 23.1 Å². The van der Waals surface area contributed by atoms with Crippen molar-refractivity contribution in [3.63, 3.8) is 0 Å². The van der Waals surface area contributed by atoms with E-state index in [-0.39, 0.29) is 29.1 Å². The van der Waals surface area contributed by atoms with Crippen molar-refractivity contribution < 1.29 is 93.2 Å². The number of aliphatic carboxylic acids is 3. The molecule has 0 saturated carbocycles. The first-order valence-corrected chi connectivity index (χ1v) is 20.1. The number of aryl methyl sites for hydroxylation is 1. The molecule has 2 atom stereocenters. The van der Waals surface area contributed by atoms with Crippen molar-refractivity contribution in [2.75, 3.05) is 62.9 Å². The SMILES string of the molecule is CN1CCN(c2c(F)cc3c(=O)c(C(=O)OCC4=C(C(=O)O)N5C(=O)[C@@H](NC(=O)/C=N\OCc6csc(N)n6)[C@H]5SC4)cn(CCF)c3c2F)CC1.O=C(O)C(F)(F)F.O=C(O)C(F)(F)F. The number of fused-ring (bicyclic) bond motifs is 2. The third-order valence-corrected chi connectivity index (χ3v) is 11.1. The van der Waals surface area contributed by atoms with Crippen molar-refractivity contribution in [1.29, 1.82) is 0 Å². The zero-order chi connectivity index (χ0) is 49.4. The van der Waals surface area contributed by atoms with Crippen LogP contribution < -0.4 is 21.4 Å². The van der Waals surface area contributed by atoms with E-state index in [0.29, 0.717) is 37.0 Å². The summed E-state index contributed by atoms with van der Waals surface area (Å²) in [6.07, 6.45) is -8.43. The van der Waals surface area contributed by atoms with Crippen LogP contribution in [0.25, 0.3) is 10.9 Å². The number of oxime groups is 1. The summed E-state index contributed by atoms with van der Waals surface area (Å²) in [5, 5.41) is 30.9. The Kier molecular flexibility index (Phi) is 17.0. The number of hydrogen-bond donors (Lipinski definition) is 5. The van der Waals surface area contributed by atoms with Crippen LogP contribution in [0.1, 0.15) is 16.1 Å². The lowest BCUT2D eigenvalue weighted by molar-refractivity contribution is -0.193. The van der Waals surface area contributed by atoms with E-state index in [0.717, 1.165) is 39.7 Å². The third kappa shape index (κ3) is 12.6. The van der Waals surface area contributed by atoms with Crippen molar-refractivity contribution in [2.24, 2.45) is 5.16 Å². The average molecular weight is 993 g/mol. The Morgan fingerprint density at radius 1 is 1.00 bits per heavy atom. The maximum absolute atomic E-state index is 15.9. The minimum atomic E-state index is -5.08. The molecule has 3 aromatic rings. The predicted molar refractivity (Wildman–Crippen MR) is 211 cm³/mol. The molecule has 2 fully saturated rings. The molecular weight excluding hydrogens is 960 g/mol. The summed E-state index contributed by atoms with van der Waals surface area (Å²) in [5.74, 6) is -11.9. The van der Waals surface area contributed by atoms with Crippen LogP contribution in [0.15, 0.2) is 38.9 Å². The van der Waals surface area contributed by atoms with Crippen LogP contribution in [-0.2, 0) is 46.7 Å². The van der Waals surface area contributed by atoms with Crippen LogP contribution in [0.5, 0.6) is 0 Å². The quantitative estimate of drug-likeness (QED) is 0.0573. The Bertz CT molecular complexity index is 2470. The van der Waals surface area contributed by atoms with Gasteiger partial charge in [-0.25, -0.2) is 37.3 Å². The van der Waals surface area contributed by atoms with Crippen LogP contribution >= 0.6 is 23.1 Å². The van der Waals surface area contributed by atoms with Gasteiger partial charge in [-0.3, -0.25) is 19.3 Å². The molecule has 0 radical (unpaired) electrons. The molecule has 360 valence electrons. The number of alkyl halides is 7.